The van der Waals surface area contributed by atoms with E-state index in [9.17, 15) is 0 Å². The lowest BCUT2D eigenvalue weighted by atomic mass is 9.92. The van der Waals surface area contributed by atoms with Gasteiger partial charge in [-0.3, -0.25) is 4.90 Å². The summed E-state index contributed by atoms with van der Waals surface area (Å²) in [5, 5.41) is 3.32. The van der Waals surface area contributed by atoms with Gasteiger partial charge in [0.15, 0.2) is 0 Å². The second-order valence-electron chi connectivity index (χ2n) is 5.26. The fourth-order valence-corrected chi connectivity index (χ4v) is 3.11. The number of aryl methyl sites for hydroxylation is 1. The molecule has 1 saturated heterocycles. The summed E-state index contributed by atoms with van der Waals surface area (Å²) in [6, 6.07) is 7.10. The second-order valence-corrected chi connectivity index (χ2v) is 5.26. The van der Waals surface area contributed by atoms with Crippen LogP contribution in [0.4, 0.5) is 0 Å². The first-order valence-corrected chi connectivity index (χ1v) is 6.66. The third kappa shape index (κ3) is 2.52. The molecule has 2 atom stereocenters. The van der Waals surface area contributed by atoms with Gasteiger partial charge in [0.2, 0.25) is 0 Å². The largest absolute Gasteiger partial charge is 0.496 e. The summed E-state index contributed by atoms with van der Waals surface area (Å²) in [6.07, 6.45) is 1.27. The van der Waals surface area contributed by atoms with Gasteiger partial charge in [0.05, 0.1) is 7.11 Å². The zero-order valence-electron chi connectivity index (χ0n) is 11.9. The van der Waals surface area contributed by atoms with E-state index in [4.69, 9.17) is 4.74 Å². The average molecular weight is 248 g/mol. The monoisotopic (exact) mass is 248 g/mol. The molecular formula is C15H24N2O. The molecule has 1 aliphatic heterocycles. The molecule has 2 rings (SSSR count). The Hall–Kier alpha value is -1.06. The van der Waals surface area contributed by atoms with E-state index in [0.29, 0.717) is 12.0 Å². The molecule has 0 radical (unpaired) electrons. The highest BCUT2D eigenvalue weighted by Gasteiger charge is 2.32. The number of benzene rings is 1. The van der Waals surface area contributed by atoms with Gasteiger partial charge < -0.3 is 10.1 Å². The molecule has 100 valence electrons. The molecule has 0 bridgehead atoms. The van der Waals surface area contributed by atoms with Crippen LogP contribution in [0.25, 0.3) is 0 Å². The molecule has 18 heavy (non-hydrogen) atoms. The van der Waals surface area contributed by atoms with Gasteiger partial charge in [-0.15, -0.1) is 0 Å². The van der Waals surface area contributed by atoms with Crippen LogP contribution >= 0.6 is 0 Å². The fraction of sp³-hybridized carbons (Fsp3) is 0.600. The van der Waals surface area contributed by atoms with Gasteiger partial charge in [0.1, 0.15) is 5.75 Å². The molecule has 0 amide bonds. The number of methoxy groups -OCH3 is 1. The average Bonchev–Trinajstić information content (AvgIpc) is 2.71. The Morgan fingerprint density at radius 3 is 2.83 bits per heavy atom. The van der Waals surface area contributed by atoms with Crippen molar-refractivity contribution in [2.24, 2.45) is 5.92 Å². The third-order valence-corrected chi connectivity index (χ3v) is 4.00. The van der Waals surface area contributed by atoms with Crippen molar-refractivity contribution in [1.29, 1.82) is 0 Å². The predicted octanol–water partition coefficient (Wildman–Crippen LogP) is 2.22. The molecule has 3 nitrogen and oxygen atoms in total. The van der Waals surface area contributed by atoms with E-state index in [1.807, 2.05) is 7.05 Å². The summed E-state index contributed by atoms with van der Waals surface area (Å²) in [4.78, 5) is 2.46. The third-order valence-electron chi connectivity index (χ3n) is 4.00. The van der Waals surface area contributed by atoms with Crippen molar-refractivity contribution in [3.63, 3.8) is 0 Å². The van der Waals surface area contributed by atoms with Crippen molar-refractivity contribution in [3.05, 3.63) is 29.3 Å². The molecule has 0 saturated carbocycles. The minimum absolute atomic E-state index is 0.530. The van der Waals surface area contributed by atoms with Gasteiger partial charge in [-0.05, 0) is 63.6 Å². The van der Waals surface area contributed by atoms with Crippen molar-refractivity contribution >= 4 is 0 Å². The van der Waals surface area contributed by atoms with E-state index in [-0.39, 0.29) is 0 Å². The van der Waals surface area contributed by atoms with E-state index in [2.05, 4.69) is 42.4 Å². The number of hydrogen-bond acceptors (Lipinski definition) is 3. The molecule has 1 aromatic rings. The zero-order valence-corrected chi connectivity index (χ0v) is 11.9. The first kappa shape index (κ1) is 13.4. The number of nitrogens with one attached hydrogen (secondary N) is 1. The standard InChI is InChI=1S/C15H24N2O/c1-11-9-12(5-6-14(11)18-4)15-13(10-16-2)7-8-17(15)3/h5-6,9,13,15-16H,7-8,10H2,1-4H3. The summed E-state index contributed by atoms with van der Waals surface area (Å²) >= 11 is 0. The molecule has 3 heteroatoms. The van der Waals surface area contributed by atoms with Crippen LogP contribution in [0.5, 0.6) is 5.75 Å². The van der Waals surface area contributed by atoms with Crippen molar-refractivity contribution in [1.82, 2.24) is 10.2 Å². The first-order valence-electron chi connectivity index (χ1n) is 6.66. The quantitative estimate of drug-likeness (QED) is 0.884. The van der Waals surface area contributed by atoms with E-state index in [1.54, 1.807) is 7.11 Å². The van der Waals surface area contributed by atoms with E-state index in [1.165, 1.54) is 24.1 Å². The maximum Gasteiger partial charge on any atom is 0.121 e. The van der Waals surface area contributed by atoms with Crippen LogP contribution in [0.1, 0.15) is 23.6 Å². The number of likely N-dealkylation sites (tertiary alicyclic amines) is 1. The maximum absolute atomic E-state index is 5.34. The fourth-order valence-electron chi connectivity index (χ4n) is 3.11. The molecule has 1 aromatic carbocycles. The minimum Gasteiger partial charge on any atom is -0.496 e. The Morgan fingerprint density at radius 2 is 2.22 bits per heavy atom. The zero-order chi connectivity index (χ0) is 13.1. The van der Waals surface area contributed by atoms with Crippen molar-refractivity contribution in [2.75, 3.05) is 34.3 Å². The van der Waals surface area contributed by atoms with Crippen molar-refractivity contribution in [3.8, 4) is 5.75 Å². The molecule has 1 N–H and O–H groups in total. The Bertz CT molecular complexity index is 403. The predicted molar refractivity (Wildman–Crippen MR) is 75.1 cm³/mol. The van der Waals surface area contributed by atoms with Gasteiger partial charge in [0.25, 0.3) is 0 Å². The molecule has 2 unspecified atom stereocenters. The number of hydrogen-bond donors (Lipinski definition) is 1. The molecule has 1 heterocycles. The topological polar surface area (TPSA) is 24.5 Å². The maximum atomic E-state index is 5.34. The van der Waals surface area contributed by atoms with Crippen molar-refractivity contribution in [2.45, 2.75) is 19.4 Å². The van der Waals surface area contributed by atoms with E-state index in [0.717, 1.165) is 12.3 Å². The van der Waals surface area contributed by atoms with Gasteiger partial charge in [-0.25, -0.2) is 0 Å². The highest BCUT2D eigenvalue weighted by atomic mass is 16.5. The Balaban J connectivity index is 2.25. The molecule has 0 aliphatic carbocycles. The van der Waals surface area contributed by atoms with Crippen LogP contribution in [0.3, 0.4) is 0 Å². The van der Waals surface area contributed by atoms with Crippen LogP contribution in [0, 0.1) is 12.8 Å². The van der Waals surface area contributed by atoms with Crippen LogP contribution in [-0.2, 0) is 0 Å². The minimum atomic E-state index is 0.530. The molecule has 1 fully saturated rings. The summed E-state index contributed by atoms with van der Waals surface area (Å²) in [6.45, 7) is 4.38. The van der Waals surface area contributed by atoms with Crippen LogP contribution in [-0.4, -0.2) is 39.2 Å². The van der Waals surface area contributed by atoms with Crippen molar-refractivity contribution < 1.29 is 4.74 Å². The van der Waals surface area contributed by atoms with Gasteiger partial charge in [0, 0.05) is 6.04 Å². The second kappa shape index (κ2) is 5.72. The number of ether oxygens (including phenoxy) is 1. The smallest absolute Gasteiger partial charge is 0.121 e. The summed E-state index contributed by atoms with van der Waals surface area (Å²) < 4.78 is 5.34. The lowest BCUT2D eigenvalue weighted by Gasteiger charge is -2.26. The number of nitrogens with zero attached hydrogens (tertiary/aromatic N) is 1. The van der Waals surface area contributed by atoms with Gasteiger partial charge in [-0.1, -0.05) is 12.1 Å². The summed E-state index contributed by atoms with van der Waals surface area (Å²) in [7, 11) is 5.99. The number of rotatable bonds is 4. The van der Waals surface area contributed by atoms with Gasteiger partial charge in [-0.2, -0.15) is 0 Å². The summed E-state index contributed by atoms with van der Waals surface area (Å²) in [5.74, 6) is 1.68. The van der Waals surface area contributed by atoms with Crippen LogP contribution in [0.2, 0.25) is 0 Å². The lowest BCUT2D eigenvalue weighted by Crippen LogP contribution is -2.26. The normalized spacial score (nSPS) is 24.4. The Morgan fingerprint density at radius 1 is 1.44 bits per heavy atom. The highest BCUT2D eigenvalue weighted by Crippen LogP contribution is 2.37. The molecule has 0 spiro atoms. The Labute approximate surface area is 110 Å². The highest BCUT2D eigenvalue weighted by molar-refractivity contribution is 5.38. The molecule has 1 aliphatic rings. The summed E-state index contributed by atoms with van der Waals surface area (Å²) in [5.41, 5.74) is 2.63. The van der Waals surface area contributed by atoms with Crippen LogP contribution in [0.15, 0.2) is 18.2 Å². The van der Waals surface area contributed by atoms with Gasteiger partial charge >= 0.3 is 0 Å². The van der Waals surface area contributed by atoms with E-state index < -0.39 is 0 Å². The molecular weight excluding hydrogens is 224 g/mol. The molecule has 0 aromatic heterocycles. The first-order chi connectivity index (χ1) is 8.67. The lowest BCUT2D eigenvalue weighted by molar-refractivity contribution is 0.274. The SMILES string of the molecule is CNCC1CCN(C)C1c1ccc(OC)c(C)c1. The van der Waals surface area contributed by atoms with Crippen LogP contribution < -0.4 is 10.1 Å². The Kier molecular flexibility index (Phi) is 4.25. The van der Waals surface area contributed by atoms with E-state index >= 15 is 0 Å².